The molecule has 0 saturated carbocycles. The molecule has 1 aliphatic rings. The number of ether oxygens (including phenoxy) is 2. The zero-order valence-electron chi connectivity index (χ0n) is 19.9. The number of hydrogen-bond donors (Lipinski definition) is 2. The van der Waals surface area contributed by atoms with Gasteiger partial charge in [-0.05, 0) is 54.1 Å². The lowest BCUT2D eigenvalue weighted by Crippen LogP contribution is -2.37. The second-order valence-corrected chi connectivity index (χ2v) is 8.07. The van der Waals surface area contributed by atoms with Crippen molar-refractivity contribution in [1.82, 2.24) is 15.0 Å². The largest absolute Gasteiger partial charge is 0.423 e. The molecule has 4 aromatic rings. The highest BCUT2D eigenvalue weighted by Gasteiger charge is 2.16. The van der Waals surface area contributed by atoms with E-state index in [1.165, 1.54) is 0 Å². The van der Waals surface area contributed by atoms with E-state index in [1.807, 2.05) is 41.3 Å². The molecule has 1 aromatic heterocycles. The molecule has 37 heavy (non-hydrogen) atoms. The molecule has 0 atom stereocenters. The highest BCUT2D eigenvalue weighted by molar-refractivity contribution is 5.91. The summed E-state index contributed by atoms with van der Waals surface area (Å²) in [6.45, 7) is 2.62. The summed E-state index contributed by atoms with van der Waals surface area (Å²) >= 11 is 0. The van der Waals surface area contributed by atoms with E-state index in [-0.39, 0.29) is 0 Å². The number of esters is 1. The van der Waals surface area contributed by atoms with E-state index in [9.17, 15) is 4.79 Å². The van der Waals surface area contributed by atoms with Crippen LogP contribution < -0.4 is 20.4 Å². The fourth-order valence-corrected chi connectivity index (χ4v) is 3.55. The molecule has 5 rings (SSSR count). The van der Waals surface area contributed by atoms with Gasteiger partial charge >= 0.3 is 5.97 Å². The molecule has 1 aliphatic heterocycles. The number of rotatable bonds is 8. The molecule has 0 aliphatic carbocycles. The number of anilines is 4. The van der Waals surface area contributed by atoms with Crippen LogP contribution in [0, 0.1) is 0 Å². The Balaban J connectivity index is 1.26. The predicted octanol–water partition coefficient (Wildman–Crippen LogP) is 4.12. The van der Waals surface area contributed by atoms with Gasteiger partial charge in [-0.2, -0.15) is 20.1 Å². The average molecular weight is 496 g/mol. The minimum absolute atomic E-state index is 0.305. The van der Waals surface area contributed by atoms with E-state index in [0.29, 0.717) is 55.5 Å². The van der Waals surface area contributed by atoms with Gasteiger partial charge in [0, 0.05) is 18.8 Å². The Labute approximate surface area is 214 Å². The summed E-state index contributed by atoms with van der Waals surface area (Å²) in [5.41, 5.74) is 5.05. The molecule has 1 fully saturated rings. The number of carbonyl (C=O) groups is 1. The zero-order valence-corrected chi connectivity index (χ0v) is 19.9. The van der Waals surface area contributed by atoms with Crippen LogP contribution in [0.1, 0.15) is 15.9 Å². The Morgan fingerprint density at radius 3 is 2.27 bits per heavy atom. The van der Waals surface area contributed by atoms with Crippen molar-refractivity contribution in [2.75, 3.05) is 41.9 Å². The van der Waals surface area contributed by atoms with E-state index in [4.69, 9.17) is 9.47 Å². The maximum absolute atomic E-state index is 12.2. The number of carbonyl (C=O) groups excluding carboxylic acids is 1. The first-order valence-electron chi connectivity index (χ1n) is 11.8. The maximum atomic E-state index is 12.2. The molecule has 0 unspecified atom stereocenters. The van der Waals surface area contributed by atoms with Gasteiger partial charge in [-0.1, -0.05) is 36.4 Å². The van der Waals surface area contributed by atoms with Crippen LogP contribution in [0.3, 0.4) is 0 Å². The third kappa shape index (κ3) is 6.65. The van der Waals surface area contributed by atoms with Crippen molar-refractivity contribution in [2.45, 2.75) is 0 Å². The van der Waals surface area contributed by atoms with Crippen LogP contribution >= 0.6 is 0 Å². The molecular formula is C27H25N7O3. The quantitative estimate of drug-likeness (QED) is 0.161. The Morgan fingerprint density at radius 1 is 0.865 bits per heavy atom. The first kappa shape index (κ1) is 23.9. The van der Waals surface area contributed by atoms with Gasteiger partial charge in [0.25, 0.3) is 0 Å². The van der Waals surface area contributed by atoms with Gasteiger partial charge in [0.15, 0.2) is 0 Å². The molecule has 0 amide bonds. The van der Waals surface area contributed by atoms with Crippen LogP contribution in [0.5, 0.6) is 5.75 Å². The molecule has 2 N–H and O–H groups in total. The number of nitrogens with one attached hydrogen (secondary N) is 2. The van der Waals surface area contributed by atoms with Crippen LogP contribution in [0.2, 0.25) is 0 Å². The van der Waals surface area contributed by atoms with Crippen LogP contribution in [0.15, 0.2) is 90.0 Å². The Morgan fingerprint density at radius 2 is 1.54 bits per heavy atom. The van der Waals surface area contributed by atoms with E-state index in [0.717, 1.165) is 11.3 Å². The first-order valence-corrected chi connectivity index (χ1v) is 11.8. The Bertz CT molecular complexity index is 1340. The van der Waals surface area contributed by atoms with Gasteiger partial charge in [-0.15, -0.1) is 0 Å². The Kier molecular flexibility index (Phi) is 7.58. The fourth-order valence-electron chi connectivity index (χ4n) is 3.55. The van der Waals surface area contributed by atoms with Crippen LogP contribution in [0.25, 0.3) is 0 Å². The highest BCUT2D eigenvalue weighted by atomic mass is 16.5. The summed E-state index contributed by atoms with van der Waals surface area (Å²) in [6, 6.07) is 25.6. The highest BCUT2D eigenvalue weighted by Crippen LogP contribution is 2.19. The minimum Gasteiger partial charge on any atom is -0.423 e. The van der Waals surface area contributed by atoms with Crippen molar-refractivity contribution in [3.05, 3.63) is 96.1 Å². The van der Waals surface area contributed by atoms with E-state index in [2.05, 4.69) is 30.8 Å². The third-order valence-corrected chi connectivity index (χ3v) is 5.43. The van der Waals surface area contributed by atoms with Gasteiger partial charge in [-0.25, -0.2) is 10.2 Å². The number of hydrazone groups is 1. The van der Waals surface area contributed by atoms with Gasteiger partial charge in [0.05, 0.1) is 25.0 Å². The van der Waals surface area contributed by atoms with Gasteiger partial charge < -0.3 is 19.7 Å². The van der Waals surface area contributed by atoms with E-state index in [1.54, 1.807) is 54.7 Å². The topological polar surface area (TPSA) is 114 Å². The number of morpholine rings is 1. The number of aromatic nitrogens is 3. The van der Waals surface area contributed by atoms with Crippen molar-refractivity contribution in [3.63, 3.8) is 0 Å². The number of hydrogen-bond acceptors (Lipinski definition) is 10. The molecule has 0 bridgehead atoms. The molecule has 10 nitrogen and oxygen atoms in total. The van der Waals surface area contributed by atoms with Gasteiger partial charge in [0.1, 0.15) is 5.75 Å². The van der Waals surface area contributed by atoms with Crippen LogP contribution in [-0.4, -0.2) is 53.4 Å². The van der Waals surface area contributed by atoms with Gasteiger partial charge in [0.2, 0.25) is 17.8 Å². The predicted molar refractivity (Wildman–Crippen MR) is 142 cm³/mol. The number of benzene rings is 3. The summed E-state index contributed by atoms with van der Waals surface area (Å²) in [5, 5.41) is 7.49. The SMILES string of the molecule is O=C(Oc1ccc(C=NNc2nc(Nc3ccccc3)nc(N3CCOCC3)n2)cc1)c1ccccc1. The van der Waals surface area contributed by atoms with Crippen LogP contribution in [-0.2, 0) is 4.74 Å². The standard InChI is InChI=1S/C27H25N7O3/c35-24(21-7-3-1-4-8-21)37-23-13-11-20(12-14-23)19-28-33-26-30-25(29-22-9-5-2-6-10-22)31-27(32-26)34-15-17-36-18-16-34/h1-14,19H,15-18H2,(H2,29,30,31,32,33). The normalized spacial score (nSPS) is 13.4. The molecule has 2 heterocycles. The van der Waals surface area contributed by atoms with Crippen molar-refractivity contribution in [2.24, 2.45) is 5.10 Å². The fraction of sp³-hybridized carbons (Fsp3) is 0.148. The summed E-state index contributed by atoms with van der Waals surface area (Å²) in [4.78, 5) is 27.8. The maximum Gasteiger partial charge on any atom is 0.343 e. The summed E-state index contributed by atoms with van der Waals surface area (Å²) < 4.78 is 10.9. The molecule has 186 valence electrons. The van der Waals surface area contributed by atoms with Crippen molar-refractivity contribution >= 4 is 35.7 Å². The third-order valence-electron chi connectivity index (χ3n) is 5.43. The van der Waals surface area contributed by atoms with Crippen molar-refractivity contribution in [3.8, 4) is 5.75 Å². The van der Waals surface area contributed by atoms with Crippen LogP contribution in [0.4, 0.5) is 23.5 Å². The van der Waals surface area contributed by atoms with Crippen molar-refractivity contribution < 1.29 is 14.3 Å². The molecule has 3 aromatic carbocycles. The van der Waals surface area contributed by atoms with Crippen molar-refractivity contribution in [1.29, 1.82) is 0 Å². The summed E-state index contributed by atoms with van der Waals surface area (Å²) in [5.74, 6) is 1.29. The zero-order chi connectivity index (χ0) is 25.3. The lowest BCUT2D eigenvalue weighted by atomic mass is 10.2. The monoisotopic (exact) mass is 495 g/mol. The number of para-hydroxylation sites is 1. The summed E-state index contributed by atoms with van der Waals surface area (Å²) in [7, 11) is 0. The first-order chi connectivity index (χ1) is 18.2. The second kappa shape index (κ2) is 11.7. The second-order valence-electron chi connectivity index (χ2n) is 8.07. The smallest absolute Gasteiger partial charge is 0.343 e. The number of nitrogens with zero attached hydrogens (tertiary/aromatic N) is 5. The van der Waals surface area contributed by atoms with E-state index < -0.39 is 5.97 Å². The molecule has 1 saturated heterocycles. The Hall–Kier alpha value is -4.83. The minimum atomic E-state index is -0.408. The lowest BCUT2D eigenvalue weighted by Gasteiger charge is -2.27. The lowest BCUT2D eigenvalue weighted by molar-refractivity contribution is 0.0734. The molecular weight excluding hydrogens is 470 g/mol. The van der Waals surface area contributed by atoms with E-state index >= 15 is 0 Å². The van der Waals surface area contributed by atoms with Gasteiger partial charge in [-0.3, -0.25) is 0 Å². The molecule has 0 radical (unpaired) electrons. The molecule has 10 heteroatoms. The average Bonchev–Trinajstić information content (AvgIpc) is 2.95. The summed E-state index contributed by atoms with van der Waals surface area (Å²) in [6.07, 6.45) is 1.63. The molecule has 0 spiro atoms.